The molecule has 88 valence electrons. The number of halogens is 1. The zero-order valence-corrected chi connectivity index (χ0v) is 9.81. The first-order valence-corrected chi connectivity index (χ1v) is 5.40. The summed E-state index contributed by atoms with van der Waals surface area (Å²) in [6.07, 6.45) is 6.40. The maximum Gasteiger partial charge on any atom is 0.141 e. The Balaban J connectivity index is 2.44. The Morgan fingerprint density at radius 2 is 2.06 bits per heavy atom. The summed E-state index contributed by atoms with van der Waals surface area (Å²) in [5.74, 6) is -0.329. The average Bonchev–Trinajstić information content (AvgIpc) is 2.33. The minimum Gasteiger partial charge on any atom is -0.309 e. The number of rotatable bonds is 3. The van der Waals surface area contributed by atoms with Crippen molar-refractivity contribution in [2.75, 3.05) is 7.05 Å². The molecule has 2 heterocycles. The van der Waals surface area contributed by atoms with Crippen LogP contribution in [-0.4, -0.2) is 17.0 Å². The summed E-state index contributed by atoms with van der Waals surface area (Å²) in [5, 5.41) is 3.16. The molecule has 2 rings (SSSR count). The molecule has 0 amide bonds. The van der Waals surface area contributed by atoms with Gasteiger partial charge in [-0.05, 0) is 42.8 Å². The summed E-state index contributed by atoms with van der Waals surface area (Å²) >= 11 is 0. The summed E-state index contributed by atoms with van der Waals surface area (Å²) in [6.45, 7) is 2.01. The maximum absolute atomic E-state index is 13.2. The monoisotopic (exact) mass is 231 g/mol. The second-order valence-corrected chi connectivity index (χ2v) is 3.89. The molecule has 0 radical (unpaired) electrons. The van der Waals surface area contributed by atoms with Crippen LogP contribution < -0.4 is 5.32 Å². The molecule has 0 aliphatic rings. The van der Waals surface area contributed by atoms with E-state index in [9.17, 15) is 4.39 Å². The second kappa shape index (κ2) is 5.01. The number of hydrogen-bond acceptors (Lipinski definition) is 3. The van der Waals surface area contributed by atoms with Gasteiger partial charge in [0.1, 0.15) is 5.82 Å². The lowest BCUT2D eigenvalue weighted by atomic mass is 9.98. The van der Waals surface area contributed by atoms with Crippen LogP contribution >= 0.6 is 0 Å². The molecule has 2 aromatic heterocycles. The fraction of sp³-hybridized carbons (Fsp3) is 0.231. The van der Waals surface area contributed by atoms with E-state index in [0.717, 1.165) is 16.7 Å². The minimum absolute atomic E-state index is 0.0908. The molecular weight excluding hydrogens is 217 g/mol. The molecule has 17 heavy (non-hydrogen) atoms. The van der Waals surface area contributed by atoms with Gasteiger partial charge < -0.3 is 5.32 Å². The normalized spacial score (nSPS) is 12.4. The molecule has 0 saturated heterocycles. The molecule has 0 aromatic carbocycles. The Bertz CT molecular complexity index is 514. The van der Waals surface area contributed by atoms with Crippen molar-refractivity contribution in [3.63, 3.8) is 0 Å². The maximum atomic E-state index is 13.2. The van der Waals surface area contributed by atoms with Gasteiger partial charge >= 0.3 is 0 Å². The number of aryl methyl sites for hydroxylation is 1. The quantitative estimate of drug-likeness (QED) is 0.880. The van der Waals surface area contributed by atoms with Crippen molar-refractivity contribution in [1.82, 2.24) is 15.3 Å². The molecule has 1 atom stereocenters. The van der Waals surface area contributed by atoms with Crippen molar-refractivity contribution >= 4 is 0 Å². The zero-order valence-electron chi connectivity index (χ0n) is 9.81. The van der Waals surface area contributed by atoms with Gasteiger partial charge in [-0.3, -0.25) is 9.97 Å². The Kier molecular flexibility index (Phi) is 3.44. The summed E-state index contributed by atoms with van der Waals surface area (Å²) < 4.78 is 13.2. The minimum atomic E-state index is -0.329. The van der Waals surface area contributed by atoms with Crippen LogP contribution in [0.3, 0.4) is 0 Å². The highest BCUT2D eigenvalue weighted by atomic mass is 19.1. The Morgan fingerprint density at radius 3 is 2.71 bits per heavy atom. The highest BCUT2D eigenvalue weighted by molar-refractivity contribution is 5.33. The highest BCUT2D eigenvalue weighted by Gasteiger charge is 2.15. The van der Waals surface area contributed by atoms with E-state index in [0.29, 0.717) is 0 Å². The Morgan fingerprint density at radius 1 is 1.24 bits per heavy atom. The van der Waals surface area contributed by atoms with Crippen molar-refractivity contribution in [3.8, 4) is 0 Å². The number of nitrogens with one attached hydrogen (secondary N) is 1. The van der Waals surface area contributed by atoms with E-state index in [4.69, 9.17) is 0 Å². The second-order valence-electron chi connectivity index (χ2n) is 3.89. The van der Waals surface area contributed by atoms with Gasteiger partial charge in [-0.1, -0.05) is 0 Å². The fourth-order valence-electron chi connectivity index (χ4n) is 1.87. The SMILES string of the molecule is CNC(c1cncc(F)c1)c1cnccc1C. The fourth-order valence-corrected chi connectivity index (χ4v) is 1.87. The molecule has 0 bridgehead atoms. The topological polar surface area (TPSA) is 37.8 Å². The molecule has 0 spiro atoms. The lowest BCUT2D eigenvalue weighted by Crippen LogP contribution is -2.19. The number of hydrogen-bond donors (Lipinski definition) is 1. The predicted molar refractivity (Wildman–Crippen MR) is 64.1 cm³/mol. The molecule has 1 N–H and O–H groups in total. The predicted octanol–water partition coefficient (Wildman–Crippen LogP) is 2.23. The van der Waals surface area contributed by atoms with Crippen molar-refractivity contribution < 1.29 is 4.39 Å². The van der Waals surface area contributed by atoms with Gasteiger partial charge in [-0.25, -0.2) is 4.39 Å². The van der Waals surface area contributed by atoms with E-state index in [2.05, 4.69) is 15.3 Å². The molecule has 3 nitrogen and oxygen atoms in total. The van der Waals surface area contributed by atoms with Crippen molar-refractivity contribution in [2.45, 2.75) is 13.0 Å². The molecule has 0 aliphatic carbocycles. The summed E-state index contributed by atoms with van der Waals surface area (Å²) in [4.78, 5) is 7.98. The van der Waals surface area contributed by atoms with Gasteiger partial charge in [-0.15, -0.1) is 0 Å². The first-order chi connectivity index (χ1) is 8.22. The molecular formula is C13H14FN3. The first-order valence-electron chi connectivity index (χ1n) is 5.40. The van der Waals surface area contributed by atoms with Gasteiger partial charge in [0.05, 0.1) is 12.2 Å². The Hall–Kier alpha value is -1.81. The third-order valence-electron chi connectivity index (χ3n) is 2.74. The van der Waals surface area contributed by atoms with Crippen LogP contribution in [0, 0.1) is 12.7 Å². The van der Waals surface area contributed by atoms with Gasteiger partial charge in [-0.2, -0.15) is 0 Å². The van der Waals surface area contributed by atoms with Crippen LogP contribution in [-0.2, 0) is 0 Å². The van der Waals surface area contributed by atoms with Crippen LogP contribution in [0.5, 0.6) is 0 Å². The molecule has 4 heteroatoms. The van der Waals surface area contributed by atoms with Crippen LogP contribution in [0.2, 0.25) is 0 Å². The molecule has 1 unspecified atom stereocenters. The molecule has 0 saturated carbocycles. The van der Waals surface area contributed by atoms with Crippen molar-refractivity contribution in [1.29, 1.82) is 0 Å². The van der Waals surface area contributed by atoms with Gasteiger partial charge in [0.2, 0.25) is 0 Å². The van der Waals surface area contributed by atoms with E-state index in [1.807, 2.05) is 20.0 Å². The highest BCUT2D eigenvalue weighted by Crippen LogP contribution is 2.23. The number of nitrogens with zero attached hydrogens (tertiary/aromatic N) is 2. The first kappa shape index (κ1) is 11.7. The van der Waals surface area contributed by atoms with Crippen LogP contribution in [0.25, 0.3) is 0 Å². The van der Waals surface area contributed by atoms with E-state index in [-0.39, 0.29) is 11.9 Å². The van der Waals surface area contributed by atoms with Gasteiger partial charge in [0, 0.05) is 18.6 Å². The van der Waals surface area contributed by atoms with Gasteiger partial charge in [0.25, 0.3) is 0 Å². The van der Waals surface area contributed by atoms with E-state index < -0.39 is 0 Å². The Labute approximate surface area is 99.7 Å². The summed E-state index contributed by atoms with van der Waals surface area (Å²) in [6, 6.07) is 3.33. The number of aromatic nitrogens is 2. The molecule has 0 aliphatic heterocycles. The van der Waals surface area contributed by atoms with E-state index in [1.165, 1.54) is 12.3 Å². The lowest BCUT2D eigenvalue weighted by molar-refractivity contribution is 0.608. The third kappa shape index (κ3) is 2.47. The third-order valence-corrected chi connectivity index (χ3v) is 2.74. The summed E-state index contributed by atoms with van der Waals surface area (Å²) in [5.41, 5.74) is 2.94. The number of pyridine rings is 2. The van der Waals surface area contributed by atoms with Crippen molar-refractivity contribution in [3.05, 3.63) is 59.4 Å². The summed E-state index contributed by atoms with van der Waals surface area (Å²) in [7, 11) is 1.84. The van der Waals surface area contributed by atoms with Crippen LogP contribution in [0.4, 0.5) is 4.39 Å². The van der Waals surface area contributed by atoms with E-state index in [1.54, 1.807) is 18.6 Å². The zero-order chi connectivity index (χ0) is 12.3. The molecule has 0 fully saturated rings. The smallest absolute Gasteiger partial charge is 0.141 e. The van der Waals surface area contributed by atoms with Crippen LogP contribution in [0.15, 0.2) is 36.9 Å². The molecule has 2 aromatic rings. The van der Waals surface area contributed by atoms with Crippen LogP contribution in [0.1, 0.15) is 22.7 Å². The standard InChI is InChI=1S/C13H14FN3/c1-9-3-4-16-8-12(9)13(15-2)10-5-11(14)7-17-6-10/h3-8,13,15H,1-2H3. The lowest BCUT2D eigenvalue weighted by Gasteiger charge is -2.18. The van der Waals surface area contributed by atoms with Crippen molar-refractivity contribution in [2.24, 2.45) is 0 Å². The van der Waals surface area contributed by atoms with Gasteiger partial charge in [0.15, 0.2) is 0 Å². The largest absolute Gasteiger partial charge is 0.309 e. The van der Waals surface area contributed by atoms with E-state index >= 15 is 0 Å². The average molecular weight is 231 g/mol.